The van der Waals surface area contributed by atoms with Gasteiger partial charge in [-0.25, -0.2) is 9.78 Å². The molecule has 0 fully saturated rings. The van der Waals surface area contributed by atoms with Crippen LogP contribution in [0, 0.1) is 0 Å². The Labute approximate surface area is 161 Å². The van der Waals surface area contributed by atoms with Gasteiger partial charge in [0.15, 0.2) is 0 Å². The van der Waals surface area contributed by atoms with Crippen LogP contribution in [0.4, 0.5) is 19.0 Å². The maximum Gasteiger partial charge on any atom is 0.490 e. The minimum absolute atomic E-state index is 0.336. The van der Waals surface area contributed by atoms with Crippen LogP contribution in [0.2, 0.25) is 0 Å². The highest BCUT2D eigenvalue weighted by Gasteiger charge is 2.38. The van der Waals surface area contributed by atoms with Crippen molar-refractivity contribution in [1.82, 2.24) is 14.5 Å². The summed E-state index contributed by atoms with van der Waals surface area (Å²) in [5.41, 5.74) is 1.70. The summed E-state index contributed by atoms with van der Waals surface area (Å²) < 4.78 is 33.7. The number of benzene rings is 1. The Balaban J connectivity index is 0.000000298. The van der Waals surface area contributed by atoms with Crippen molar-refractivity contribution in [3.05, 3.63) is 60.0 Å². The lowest BCUT2D eigenvalue weighted by Gasteiger charge is -2.07. The Morgan fingerprint density at radius 1 is 1.17 bits per heavy atom. The molecule has 4 rings (SSSR count). The Hall–Kier alpha value is -3.76. The van der Waals surface area contributed by atoms with Crippen molar-refractivity contribution in [3.8, 4) is 0 Å². The van der Waals surface area contributed by atoms with Crippen molar-refractivity contribution in [2.24, 2.45) is 4.99 Å². The van der Waals surface area contributed by atoms with Gasteiger partial charge in [-0.2, -0.15) is 18.2 Å². The number of hydrogen-bond donors (Lipinski definition) is 2. The SMILES string of the molecule is O=C(N=c1nc2ccccc2c2n1CCN2)c1cccnc1.O=C(O)C(F)(F)F. The molecule has 150 valence electrons. The number of nitrogens with zero attached hydrogens (tertiary/aromatic N) is 4. The number of halogens is 3. The summed E-state index contributed by atoms with van der Waals surface area (Å²) in [6.07, 6.45) is -1.95. The van der Waals surface area contributed by atoms with Crippen LogP contribution in [-0.2, 0) is 11.3 Å². The van der Waals surface area contributed by atoms with Gasteiger partial charge in [0, 0.05) is 30.9 Å². The lowest BCUT2D eigenvalue weighted by Crippen LogP contribution is -2.24. The van der Waals surface area contributed by atoms with E-state index in [2.05, 4.69) is 20.3 Å². The van der Waals surface area contributed by atoms with Gasteiger partial charge in [0.2, 0.25) is 5.62 Å². The number of amides is 1. The van der Waals surface area contributed by atoms with Gasteiger partial charge < -0.3 is 10.4 Å². The van der Waals surface area contributed by atoms with Gasteiger partial charge in [0.25, 0.3) is 5.91 Å². The highest BCUT2D eigenvalue weighted by molar-refractivity contribution is 5.95. The topological polar surface area (TPSA) is 109 Å². The molecule has 0 bridgehead atoms. The molecule has 3 aromatic rings. The first-order chi connectivity index (χ1) is 13.8. The molecule has 1 aliphatic rings. The van der Waals surface area contributed by atoms with E-state index in [4.69, 9.17) is 9.90 Å². The van der Waals surface area contributed by atoms with Gasteiger partial charge in [-0.15, -0.1) is 0 Å². The molecule has 1 aliphatic heterocycles. The summed E-state index contributed by atoms with van der Waals surface area (Å²) in [5, 5.41) is 11.5. The van der Waals surface area contributed by atoms with Gasteiger partial charge in [0.05, 0.1) is 11.1 Å². The quantitative estimate of drug-likeness (QED) is 0.643. The molecule has 1 aromatic carbocycles. The molecule has 29 heavy (non-hydrogen) atoms. The zero-order valence-electron chi connectivity index (χ0n) is 14.7. The molecule has 3 heterocycles. The standard InChI is InChI=1S/C16H13N5O.C2HF3O2/c22-15(11-4-3-7-17-10-11)20-16-19-13-6-2-1-5-12(13)14-18-8-9-21(14)16;3-2(4,5)1(6)7/h1-7,10,18H,8-9H2;(H,6,7). The summed E-state index contributed by atoms with van der Waals surface area (Å²) in [4.78, 5) is 33.8. The maximum atomic E-state index is 12.3. The number of aromatic nitrogens is 3. The number of fused-ring (bicyclic) bond motifs is 3. The van der Waals surface area contributed by atoms with E-state index in [1.54, 1.807) is 18.3 Å². The van der Waals surface area contributed by atoms with Crippen molar-refractivity contribution in [2.45, 2.75) is 12.7 Å². The number of para-hydroxylation sites is 1. The van der Waals surface area contributed by atoms with Crippen LogP contribution in [0.3, 0.4) is 0 Å². The Morgan fingerprint density at radius 3 is 2.55 bits per heavy atom. The summed E-state index contributed by atoms with van der Waals surface area (Å²) in [5.74, 6) is -2.13. The number of carbonyl (C=O) groups excluding carboxylic acids is 1. The summed E-state index contributed by atoms with van der Waals surface area (Å²) in [6.45, 7) is 1.55. The third-order valence-corrected chi connectivity index (χ3v) is 3.87. The lowest BCUT2D eigenvalue weighted by atomic mass is 10.2. The molecule has 0 radical (unpaired) electrons. The van der Waals surface area contributed by atoms with Crippen LogP contribution in [0.15, 0.2) is 53.8 Å². The zero-order valence-corrected chi connectivity index (χ0v) is 14.7. The first-order valence-corrected chi connectivity index (χ1v) is 8.30. The molecule has 11 heteroatoms. The van der Waals surface area contributed by atoms with E-state index < -0.39 is 12.1 Å². The minimum Gasteiger partial charge on any atom is -0.475 e. The third-order valence-electron chi connectivity index (χ3n) is 3.87. The number of anilines is 1. The van der Waals surface area contributed by atoms with Crippen LogP contribution in [0.1, 0.15) is 10.4 Å². The molecule has 0 unspecified atom stereocenters. The fourth-order valence-electron chi connectivity index (χ4n) is 2.60. The molecule has 0 aliphatic carbocycles. The molecule has 0 spiro atoms. The largest absolute Gasteiger partial charge is 0.490 e. The number of hydrogen-bond acceptors (Lipinski definition) is 5. The zero-order chi connectivity index (χ0) is 21.0. The number of carboxylic acid groups (broad SMARTS) is 1. The predicted octanol–water partition coefficient (Wildman–Crippen LogP) is 2.23. The number of carboxylic acids is 1. The number of nitrogens with one attached hydrogen (secondary N) is 1. The Morgan fingerprint density at radius 2 is 1.90 bits per heavy atom. The monoisotopic (exact) mass is 405 g/mol. The van der Waals surface area contributed by atoms with Crippen LogP contribution in [0.25, 0.3) is 10.9 Å². The highest BCUT2D eigenvalue weighted by Crippen LogP contribution is 2.22. The number of alkyl halides is 3. The van der Waals surface area contributed by atoms with Crippen molar-refractivity contribution >= 4 is 28.6 Å². The Kier molecular flexibility index (Phi) is 5.57. The smallest absolute Gasteiger partial charge is 0.475 e. The summed E-state index contributed by atoms with van der Waals surface area (Å²) >= 11 is 0. The molecular weight excluding hydrogens is 391 g/mol. The van der Waals surface area contributed by atoms with Gasteiger partial charge in [-0.1, -0.05) is 12.1 Å². The second-order valence-corrected chi connectivity index (χ2v) is 5.82. The van der Waals surface area contributed by atoms with E-state index in [0.717, 1.165) is 29.8 Å². The van der Waals surface area contributed by atoms with E-state index in [1.165, 1.54) is 6.20 Å². The fraction of sp³-hybridized carbons (Fsp3) is 0.167. The fourth-order valence-corrected chi connectivity index (χ4v) is 2.60. The number of carbonyl (C=O) groups is 2. The maximum absolute atomic E-state index is 12.3. The first kappa shape index (κ1) is 20.0. The van der Waals surface area contributed by atoms with Gasteiger partial charge >= 0.3 is 12.1 Å². The van der Waals surface area contributed by atoms with Crippen molar-refractivity contribution in [3.63, 3.8) is 0 Å². The van der Waals surface area contributed by atoms with Crippen LogP contribution in [-0.4, -0.2) is 44.2 Å². The van der Waals surface area contributed by atoms with Gasteiger partial charge in [-0.3, -0.25) is 14.3 Å². The normalized spacial score (nSPS) is 13.3. The average molecular weight is 405 g/mol. The molecule has 8 nitrogen and oxygen atoms in total. The number of aliphatic carboxylic acids is 1. The molecule has 0 atom stereocenters. The molecule has 0 saturated carbocycles. The average Bonchev–Trinajstić information content (AvgIpc) is 3.19. The van der Waals surface area contributed by atoms with E-state index in [1.807, 2.05) is 28.8 Å². The highest BCUT2D eigenvalue weighted by atomic mass is 19.4. The summed E-state index contributed by atoms with van der Waals surface area (Å²) in [7, 11) is 0. The van der Waals surface area contributed by atoms with E-state index in [-0.39, 0.29) is 5.91 Å². The molecule has 2 aromatic heterocycles. The molecule has 1 amide bonds. The van der Waals surface area contributed by atoms with Crippen molar-refractivity contribution in [2.75, 3.05) is 11.9 Å². The van der Waals surface area contributed by atoms with Crippen LogP contribution >= 0.6 is 0 Å². The van der Waals surface area contributed by atoms with Crippen LogP contribution in [0.5, 0.6) is 0 Å². The van der Waals surface area contributed by atoms with Gasteiger partial charge in [-0.05, 0) is 24.3 Å². The van der Waals surface area contributed by atoms with Crippen LogP contribution < -0.4 is 10.9 Å². The number of pyridine rings is 1. The molecule has 2 N–H and O–H groups in total. The van der Waals surface area contributed by atoms with E-state index in [0.29, 0.717) is 11.2 Å². The Bertz CT molecular complexity index is 1130. The van der Waals surface area contributed by atoms with E-state index in [9.17, 15) is 18.0 Å². The lowest BCUT2D eigenvalue weighted by molar-refractivity contribution is -0.192. The van der Waals surface area contributed by atoms with Crippen molar-refractivity contribution in [1.29, 1.82) is 0 Å². The summed E-state index contributed by atoms with van der Waals surface area (Å²) in [6, 6.07) is 11.2. The first-order valence-electron chi connectivity index (χ1n) is 8.30. The molecular formula is C18H14F3N5O3. The third kappa shape index (κ3) is 4.57. The predicted molar refractivity (Wildman–Crippen MR) is 96.0 cm³/mol. The minimum atomic E-state index is -5.08. The van der Waals surface area contributed by atoms with Crippen molar-refractivity contribution < 1.29 is 27.9 Å². The number of rotatable bonds is 1. The second-order valence-electron chi connectivity index (χ2n) is 5.82. The van der Waals surface area contributed by atoms with E-state index >= 15 is 0 Å². The molecule has 0 saturated heterocycles. The second kappa shape index (κ2) is 8.09. The van der Waals surface area contributed by atoms with Gasteiger partial charge in [0.1, 0.15) is 5.82 Å².